The van der Waals surface area contributed by atoms with Crippen LogP contribution >= 0.6 is 0 Å². The fraction of sp³-hybridized carbons (Fsp3) is 0.923. The summed E-state index contributed by atoms with van der Waals surface area (Å²) in [7, 11) is 0. The Morgan fingerprint density at radius 1 is 1.29 bits per heavy atom. The molecule has 0 radical (unpaired) electrons. The minimum absolute atomic E-state index is 0.211. The van der Waals surface area contributed by atoms with E-state index in [1.54, 1.807) is 4.90 Å². The first-order chi connectivity index (χ1) is 7.94. The average Bonchev–Trinajstić information content (AvgIpc) is 2.90. The van der Waals surface area contributed by atoms with E-state index in [1.165, 1.54) is 12.8 Å². The Bertz CT molecular complexity index is 281. The van der Waals surface area contributed by atoms with Gasteiger partial charge in [0.05, 0.1) is 12.6 Å². The molecule has 98 valence electrons. The minimum atomic E-state index is -0.413. The fourth-order valence-electron chi connectivity index (χ4n) is 1.91. The third-order valence-electron chi connectivity index (χ3n) is 3.06. The highest BCUT2D eigenvalue weighted by Gasteiger charge is 2.31. The standard InChI is InChI=1S/C13H23NO3/c1-13(2,3)17-12(15)14-7-6-11(8-14)16-9-10-4-5-10/h10-11H,4-9H2,1-3H3/t11-/m1/s1. The predicted molar refractivity (Wildman–Crippen MR) is 64.9 cm³/mol. The molecular weight excluding hydrogens is 218 g/mol. The van der Waals surface area contributed by atoms with Crippen LogP contribution in [0.4, 0.5) is 4.79 Å². The number of hydrogen-bond donors (Lipinski definition) is 0. The molecule has 2 aliphatic rings. The molecule has 17 heavy (non-hydrogen) atoms. The van der Waals surface area contributed by atoms with Crippen molar-refractivity contribution in [3.63, 3.8) is 0 Å². The van der Waals surface area contributed by atoms with Crippen LogP contribution in [0.15, 0.2) is 0 Å². The Kier molecular flexibility index (Phi) is 3.61. The summed E-state index contributed by atoms with van der Waals surface area (Å²) in [5.74, 6) is 0.783. The Balaban J connectivity index is 1.70. The highest BCUT2D eigenvalue weighted by atomic mass is 16.6. The largest absolute Gasteiger partial charge is 0.444 e. The van der Waals surface area contributed by atoms with Crippen LogP contribution in [0, 0.1) is 5.92 Å². The van der Waals surface area contributed by atoms with E-state index in [-0.39, 0.29) is 12.2 Å². The van der Waals surface area contributed by atoms with Gasteiger partial charge in [0.15, 0.2) is 0 Å². The van der Waals surface area contributed by atoms with Crippen LogP contribution in [0.3, 0.4) is 0 Å². The zero-order valence-electron chi connectivity index (χ0n) is 11.1. The zero-order valence-corrected chi connectivity index (χ0v) is 11.1. The van der Waals surface area contributed by atoms with Gasteiger partial charge in [-0.3, -0.25) is 0 Å². The molecule has 1 aliphatic carbocycles. The molecule has 4 heteroatoms. The Hall–Kier alpha value is -0.770. The summed E-state index contributed by atoms with van der Waals surface area (Å²) in [6, 6.07) is 0. The van der Waals surface area contributed by atoms with Gasteiger partial charge in [-0.05, 0) is 46.0 Å². The van der Waals surface area contributed by atoms with E-state index in [0.29, 0.717) is 6.54 Å². The van der Waals surface area contributed by atoms with Crippen molar-refractivity contribution in [2.75, 3.05) is 19.7 Å². The van der Waals surface area contributed by atoms with Gasteiger partial charge in [-0.15, -0.1) is 0 Å². The predicted octanol–water partition coefficient (Wildman–Crippen LogP) is 2.42. The normalized spacial score (nSPS) is 25.1. The van der Waals surface area contributed by atoms with Crippen LogP contribution in [-0.4, -0.2) is 42.4 Å². The van der Waals surface area contributed by atoms with Crippen molar-refractivity contribution in [1.29, 1.82) is 0 Å². The SMILES string of the molecule is CC(C)(C)OC(=O)N1CC[C@@H](OCC2CC2)C1. The number of likely N-dealkylation sites (tertiary alicyclic amines) is 1. The van der Waals surface area contributed by atoms with Gasteiger partial charge in [0, 0.05) is 13.2 Å². The summed E-state index contributed by atoms with van der Waals surface area (Å²) in [6.45, 7) is 7.98. The minimum Gasteiger partial charge on any atom is -0.444 e. The molecule has 0 unspecified atom stereocenters. The van der Waals surface area contributed by atoms with Crippen molar-refractivity contribution in [3.8, 4) is 0 Å². The van der Waals surface area contributed by atoms with Crippen molar-refractivity contribution in [3.05, 3.63) is 0 Å². The third kappa shape index (κ3) is 4.19. The third-order valence-corrected chi connectivity index (χ3v) is 3.06. The first kappa shape index (κ1) is 12.7. The lowest BCUT2D eigenvalue weighted by molar-refractivity contribution is 0.0198. The van der Waals surface area contributed by atoms with E-state index < -0.39 is 5.60 Å². The summed E-state index contributed by atoms with van der Waals surface area (Å²) in [5, 5.41) is 0. The van der Waals surface area contributed by atoms with Crippen molar-refractivity contribution >= 4 is 6.09 Å². The van der Waals surface area contributed by atoms with E-state index in [2.05, 4.69) is 0 Å². The van der Waals surface area contributed by atoms with Crippen LogP contribution in [0.2, 0.25) is 0 Å². The van der Waals surface area contributed by atoms with E-state index >= 15 is 0 Å². The Morgan fingerprint density at radius 2 is 2.00 bits per heavy atom. The first-order valence-electron chi connectivity index (χ1n) is 6.53. The molecule has 1 aliphatic heterocycles. The van der Waals surface area contributed by atoms with Crippen molar-refractivity contribution in [2.24, 2.45) is 5.92 Å². The van der Waals surface area contributed by atoms with Gasteiger partial charge < -0.3 is 14.4 Å². The number of nitrogens with zero attached hydrogens (tertiary/aromatic N) is 1. The summed E-state index contributed by atoms with van der Waals surface area (Å²) >= 11 is 0. The van der Waals surface area contributed by atoms with Gasteiger partial charge in [0.25, 0.3) is 0 Å². The molecule has 1 saturated heterocycles. The smallest absolute Gasteiger partial charge is 0.410 e. The van der Waals surface area contributed by atoms with Gasteiger partial charge in [0.2, 0.25) is 0 Å². The maximum absolute atomic E-state index is 11.8. The molecule has 2 rings (SSSR count). The number of amides is 1. The van der Waals surface area contributed by atoms with Gasteiger partial charge in [-0.2, -0.15) is 0 Å². The molecule has 0 spiro atoms. The second-order valence-electron chi connectivity index (χ2n) is 6.11. The maximum atomic E-state index is 11.8. The maximum Gasteiger partial charge on any atom is 0.410 e. The van der Waals surface area contributed by atoms with E-state index in [0.717, 1.165) is 25.5 Å². The van der Waals surface area contributed by atoms with Gasteiger partial charge in [-0.1, -0.05) is 0 Å². The molecule has 4 nitrogen and oxygen atoms in total. The zero-order chi connectivity index (χ0) is 12.5. The van der Waals surface area contributed by atoms with Crippen molar-refractivity contribution in [2.45, 2.75) is 51.7 Å². The topological polar surface area (TPSA) is 38.8 Å². The van der Waals surface area contributed by atoms with Gasteiger partial charge in [0.1, 0.15) is 5.60 Å². The number of hydrogen-bond acceptors (Lipinski definition) is 3. The molecule has 1 amide bonds. The second kappa shape index (κ2) is 4.84. The highest BCUT2D eigenvalue weighted by Crippen LogP contribution is 2.30. The molecule has 1 saturated carbocycles. The molecule has 1 atom stereocenters. The van der Waals surface area contributed by atoms with Crippen LogP contribution in [0.25, 0.3) is 0 Å². The lowest BCUT2D eigenvalue weighted by Gasteiger charge is -2.24. The molecule has 0 aromatic heterocycles. The summed E-state index contributed by atoms with van der Waals surface area (Å²) in [4.78, 5) is 13.6. The summed E-state index contributed by atoms with van der Waals surface area (Å²) in [6.07, 6.45) is 3.55. The quantitative estimate of drug-likeness (QED) is 0.761. The lowest BCUT2D eigenvalue weighted by atomic mass is 10.2. The van der Waals surface area contributed by atoms with Gasteiger partial charge >= 0.3 is 6.09 Å². The Morgan fingerprint density at radius 3 is 2.59 bits per heavy atom. The molecule has 0 aromatic rings. The average molecular weight is 241 g/mol. The number of rotatable bonds is 3. The van der Waals surface area contributed by atoms with Crippen LogP contribution < -0.4 is 0 Å². The molecule has 0 bridgehead atoms. The first-order valence-corrected chi connectivity index (χ1v) is 6.53. The lowest BCUT2D eigenvalue weighted by Crippen LogP contribution is -2.36. The van der Waals surface area contributed by atoms with Crippen LogP contribution in [0.5, 0.6) is 0 Å². The molecular formula is C13H23NO3. The van der Waals surface area contributed by atoms with E-state index in [1.807, 2.05) is 20.8 Å². The molecule has 0 aromatic carbocycles. The molecule has 2 fully saturated rings. The van der Waals surface area contributed by atoms with Gasteiger partial charge in [-0.25, -0.2) is 4.79 Å². The summed E-state index contributed by atoms with van der Waals surface area (Å²) in [5.41, 5.74) is -0.413. The van der Waals surface area contributed by atoms with Crippen LogP contribution in [0.1, 0.15) is 40.0 Å². The number of carbonyl (C=O) groups is 1. The fourth-order valence-corrected chi connectivity index (χ4v) is 1.91. The second-order valence-corrected chi connectivity index (χ2v) is 6.11. The van der Waals surface area contributed by atoms with Crippen molar-refractivity contribution in [1.82, 2.24) is 4.90 Å². The van der Waals surface area contributed by atoms with E-state index in [9.17, 15) is 4.79 Å². The molecule has 0 N–H and O–H groups in total. The summed E-state index contributed by atoms with van der Waals surface area (Å²) < 4.78 is 11.1. The number of carbonyl (C=O) groups excluding carboxylic acids is 1. The monoisotopic (exact) mass is 241 g/mol. The highest BCUT2D eigenvalue weighted by molar-refractivity contribution is 5.68. The number of ether oxygens (including phenoxy) is 2. The molecule has 1 heterocycles. The van der Waals surface area contributed by atoms with Crippen molar-refractivity contribution < 1.29 is 14.3 Å². The van der Waals surface area contributed by atoms with E-state index in [4.69, 9.17) is 9.47 Å². The van der Waals surface area contributed by atoms with Crippen LogP contribution in [-0.2, 0) is 9.47 Å². The Labute approximate surface area is 103 Å².